The number of rotatable bonds is 6. The maximum absolute atomic E-state index is 11.5. The summed E-state index contributed by atoms with van der Waals surface area (Å²) in [5, 5.41) is 21.3. The lowest BCUT2D eigenvalue weighted by Gasteiger charge is -2.17. The van der Waals surface area contributed by atoms with Gasteiger partial charge in [0, 0.05) is 5.38 Å². The molecule has 0 spiro atoms. The van der Waals surface area contributed by atoms with Gasteiger partial charge in [-0.1, -0.05) is 30.4 Å². The summed E-state index contributed by atoms with van der Waals surface area (Å²) in [6, 6.07) is 5.83. The number of nitro groups is 1. The molecule has 0 saturated carbocycles. The van der Waals surface area contributed by atoms with Crippen LogP contribution in [0.4, 0.5) is 11.6 Å². The van der Waals surface area contributed by atoms with Crippen LogP contribution in [-0.2, 0) is 10.0 Å². The number of nitrogens with zero attached hydrogens (tertiary/aromatic N) is 3. The molecule has 11 heteroatoms. The Balaban J connectivity index is 2.00. The van der Waals surface area contributed by atoms with Crippen molar-refractivity contribution in [2.24, 2.45) is 5.14 Å². The number of anilines is 1. The summed E-state index contributed by atoms with van der Waals surface area (Å²) in [5.41, 5.74) is 0.652. The standard InChI is InChI=1S/C14H15N5O4S2/c1-2-11(9-4-3-5-10(8-9)25(15,22)23)16-12-13(19(20)21)18-6-7-24-14(18)17-12/h3-8,11,16H,2H2,1H3,(H2,15,22,23). The number of imidazole rings is 1. The van der Waals surface area contributed by atoms with Gasteiger partial charge in [0.05, 0.1) is 10.9 Å². The normalized spacial score (nSPS) is 13.0. The lowest BCUT2D eigenvalue weighted by molar-refractivity contribution is -0.389. The SMILES string of the molecule is CCC(Nc1nc2sccn2c1[N+](=O)[O-])c1cccc(S(N)(=O)=O)c1. The number of hydrogen-bond acceptors (Lipinski definition) is 7. The van der Waals surface area contributed by atoms with E-state index in [2.05, 4.69) is 10.3 Å². The highest BCUT2D eigenvalue weighted by atomic mass is 32.2. The largest absolute Gasteiger partial charge is 0.372 e. The number of sulfonamides is 1. The molecule has 1 unspecified atom stereocenters. The quantitative estimate of drug-likeness (QED) is 0.498. The fourth-order valence-electron chi connectivity index (χ4n) is 2.54. The molecule has 0 bridgehead atoms. The van der Waals surface area contributed by atoms with Crippen LogP contribution in [0.25, 0.3) is 4.96 Å². The van der Waals surface area contributed by atoms with Gasteiger partial charge in [-0.25, -0.2) is 13.6 Å². The Morgan fingerprint density at radius 1 is 1.48 bits per heavy atom. The van der Waals surface area contributed by atoms with Crippen LogP contribution in [0.3, 0.4) is 0 Å². The van der Waals surface area contributed by atoms with E-state index in [0.29, 0.717) is 16.9 Å². The molecule has 2 aromatic heterocycles. The van der Waals surface area contributed by atoms with Gasteiger partial charge in [-0.2, -0.15) is 9.38 Å². The first-order chi connectivity index (χ1) is 11.8. The number of nitrogens with two attached hydrogens (primary N) is 1. The van der Waals surface area contributed by atoms with Crippen molar-refractivity contribution in [3.63, 3.8) is 0 Å². The summed E-state index contributed by atoms with van der Waals surface area (Å²) >= 11 is 1.29. The van der Waals surface area contributed by atoms with E-state index in [1.54, 1.807) is 23.7 Å². The van der Waals surface area contributed by atoms with Crippen LogP contribution < -0.4 is 10.5 Å². The Morgan fingerprint density at radius 2 is 2.24 bits per heavy atom. The molecule has 2 heterocycles. The summed E-state index contributed by atoms with van der Waals surface area (Å²) in [6.07, 6.45) is 2.15. The van der Waals surface area contributed by atoms with Crippen LogP contribution in [0.15, 0.2) is 40.7 Å². The second-order valence-electron chi connectivity index (χ2n) is 5.32. The third kappa shape index (κ3) is 3.34. The Hall–Kier alpha value is -2.50. The lowest BCUT2D eigenvalue weighted by atomic mass is 10.0. The summed E-state index contributed by atoms with van der Waals surface area (Å²) in [7, 11) is -3.83. The molecule has 1 aromatic carbocycles. The molecule has 25 heavy (non-hydrogen) atoms. The smallest absolute Gasteiger partial charge is 0.358 e. The molecule has 9 nitrogen and oxygen atoms in total. The van der Waals surface area contributed by atoms with Crippen molar-refractivity contribution < 1.29 is 13.3 Å². The van der Waals surface area contributed by atoms with Crippen LogP contribution >= 0.6 is 11.3 Å². The molecule has 3 N–H and O–H groups in total. The first kappa shape index (κ1) is 17.3. The van der Waals surface area contributed by atoms with Crippen LogP contribution in [0.5, 0.6) is 0 Å². The van der Waals surface area contributed by atoms with E-state index < -0.39 is 14.9 Å². The fraction of sp³-hybridized carbons (Fsp3) is 0.214. The average molecular weight is 381 g/mol. The van der Waals surface area contributed by atoms with Gasteiger partial charge in [0.15, 0.2) is 0 Å². The highest BCUT2D eigenvalue weighted by Gasteiger charge is 2.26. The average Bonchev–Trinajstić information content (AvgIpc) is 3.11. The first-order valence-corrected chi connectivity index (χ1v) is 9.73. The number of thiazole rings is 1. The van der Waals surface area contributed by atoms with Crippen LogP contribution in [0.1, 0.15) is 24.9 Å². The van der Waals surface area contributed by atoms with E-state index in [9.17, 15) is 18.5 Å². The molecule has 0 amide bonds. The molecular formula is C14H15N5O4S2. The molecular weight excluding hydrogens is 366 g/mol. The third-order valence-corrected chi connectivity index (χ3v) is 5.39. The summed E-state index contributed by atoms with van der Waals surface area (Å²) in [5.74, 6) is -0.0120. The van der Waals surface area contributed by atoms with Gasteiger partial charge in [0.2, 0.25) is 15.8 Å². The summed E-state index contributed by atoms with van der Waals surface area (Å²) in [4.78, 5) is 15.7. The highest BCUT2D eigenvalue weighted by molar-refractivity contribution is 7.89. The van der Waals surface area contributed by atoms with Gasteiger partial charge >= 0.3 is 5.82 Å². The Kier molecular flexibility index (Phi) is 4.45. The van der Waals surface area contributed by atoms with Crippen molar-refractivity contribution in [3.8, 4) is 0 Å². The molecule has 3 aromatic rings. The molecule has 0 saturated heterocycles. The summed E-state index contributed by atoms with van der Waals surface area (Å²) < 4.78 is 24.5. The van der Waals surface area contributed by atoms with E-state index in [1.165, 1.54) is 27.9 Å². The zero-order valence-electron chi connectivity index (χ0n) is 13.1. The molecule has 132 valence electrons. The molecule has 1 atom stereocenters. The van der Waals surface area contributed by atoms with Gasteiger partial charge in [0.1, 0.15) is 6.20 Å². The van der Waals surface area contributed by atoms with E-state index in [4.69, 9.17) is 5.14 Å². The number of nitrogens with one attached hydrogen (secondary N) is 1. The number of fused-ring (bicyclic) bond motifs is 1. The van der Waals surface area contributed by atoms with Gasteiger partial charge in [0.25, 0.3) is 4.96 Å². The van der Waals surface area contributed by atoms with Crippen LogP contribution in [-0.4, -0.2) is 22.7 Å². The van der Waals surface area contributed by atoms with Gasteiger partial charge < -0.3 is 15.4 Å². The summed E-state index contributed by atoms with van der Waals surface area (Å²) in [6.45, 7) is 1.88. The van der Waals surface area contributed by atoms with E-state index >= 15 is 0 Å². The highest BCUT2D eigenvalue weighted by Crippen LogP contribution is 2.32. The topological polar surface area (TPSA) is 133 Å². The van der Waals surface area contributed by atoms with Gasteiger partial charge in [-0.05, 0) is 29.0 Å². The van der Waals surface area contributed by atoms with Gasteiger partial charge in [-0.15, -0.1) is 0 Å². The molecule has 0 radical (unpaired) electrons. The van der Waals surface area contributed by atoms with Gasteiger partial charge in [-0.3, -0.25) is 0 Å². The second-order valence-corrected chi connectivity index (χ2v) is 7.75. The zero-order valence-corrected chi connectivity index (χ0v) is 14.8. The number of hydrogen-bond donors (Lipinski definition) is 2. The Bertz CT molecular complexity index is 1040. The second kappa shape index (κ2) is 6.43. The number of primary sulfonamides is 1. The molecule has 3 rings (SSSR count). The first-order valence-electron chi connectivity index (χ1n) is 7.30. The maximum Gasteiger partial charge on any atom is 0.372 e. The molecule has 0 fully saturated rings. The fourth-order valence-corrected chi connectivity index (χ4v) is 3.82. The van der Waals surface area contributed by atoms with Crippen molar-refractivity contribution >= 4 is 38.0 Å². The van der Waals surface area contributed by atoms with Crippen LogP contribution in [0, 0.1) is 10.1 Å². The minimum atomic E-state index is -3.83. The third-order valence-electron chi connectivity index (χ3n) is 3.72. The Morgan fingerprint density at radius 3 is 2.88 bits per heavy atom. The van der Waals surface area contributed by atoms with Crippen LogP contribution in [0.2, 0.25) is 0 Å². The number of benzene rings is 1. The van der Waals surface area contributed by atoms with Crippen molar-refractivity contribution in [1.82, 2.24) is 9.38 Å². The minimum absolute atomic E-state index is 0.00873. The molecule has 0 aliphatic carbocycles. The Labute approximate surface area is 147 Å². The monoisotopic (exact) mass is 381 g/mol. The van der Waals surface area contributed by atoms with E-state index in [-0.39, 0.29) is 22.6 Å². The molecule has 0 aliphatic heterocycles. The van der Waals surface area contributed by atoms with Crippen molar-refractivity contribution in [3.05, 3.63) is 51.5 Å². The minimum Gasteiger partial charge on any atom is -0.358 e. The predicted octanol–water partition coefficient (Wildman–Crippen LogP) is 2.51. The van der Waals surface area contributed by atoms with Crippen molar-refractivity contribution in [1.29, 1.82) is 0 Å². The number of aromatic nitrogens is 2. The van der Waals surface area contributed by atoms with Crippen molar-refractivity contribution in [2.45, 2.75) is 24.3 Å². The predicted molar refractivity (Wildman–Crippen MR) is 94.2 cm³/mol. The van der Waals surface area contributed by atoms with E-state index in [1.807, 2.05) is 6.92 Å². The van der Waals surface area contributed by atoms with Crippen molar-refractivity contribution in [2.75, 3.05) is 5.32 Å². The maximum atomic E-state index is 11.5. The van der Waals surface area contributed by atoms with E-state index in [0.717, 1.165) is 0 Å². The zero-order chi connectivity index (χ0) is 18.2. The lowest BCUT2D eigenvalue weighted by Crippen LogP contribution is -2.15. The molecule has 0 aliphatic rings.